The first kappa shape index (κ1) is 15.7. The Kier molecular flexibility index (Phi) is 5.37. The van der Waals surface area contributed by atoms with Gasteiger partial charge in [0.1, 0.15) is 0 Å². The van der Waals surface area contributed by atoms with Crippen molar-refractivity contribution in [3.8, 4) is 0 Å². The average molecular weight is 402 g/mol. The van der Waals surface area contributed by atoms with Gasteiger partial charge in [-0.15, -0.1) is 0 Å². The van der Waals surface area contributed by atoms with E-state index in [2.05, 4.69) is 61.4 Å². The van der Waals surface area contributed by atoms with E-state index in [1.54, 1.807) is 0 Å². The predicted octanol–water partition coefficient (Wildman–Crippen LogP) is 3.48. The van der Waals surface area contributed by atoms with Gasteiger partial charge in [0, 0.05) is 27.6 Å². The van der Waals surface area contributed by atoms with E-state index >= 15 is 0 Å². The molecule has 0 bridgehead atoms. The number of rotatable bonds is 5. The second kappa shape index (κ2) is 6.85. The fourth-order valence-electron chi connectivity index (χ4n) is 2.29. The molecule has 0 saturated heterocycles. The van der Waals surface area contributed by atoms with Crippen molar-refractivity contribution in [3.63, 3.8) is 0 Å². The molecule has 1 unspecified atom stereocenters. The highest BCUT2D eigenvalue weighted by Gasteiger charge is 2.17. The molecule has 0 radical (unpaired) electrons. The zero-order chi connectivity index (χ0) is 14.7. The van der Waals surface area contributed by atoms with Gasteiger partial charge in [0.15, 0.2) is 0 Å². The van der Waals surface area contributed by atoms with E-state index in [9.17, 15) is 0 Å². The average Bonchev–Trinajstić information content (AvgIpc) is 2.79. The first-order valence-corrected chi connectivity index (χ1v) is 8.08. The Morgan fingerprint density at radius 2 is 2.10 bits per heavy atom. The molecule has 0 aliphatic rings. The fraction of sp³-hybridized carbons (Fsp3) is 0.357. The molecule has 0 aliphatic carbocycles. The normalized spacial score (nSPS) is 12.7. The number of hydrogen-bond donors (Lipinski definition) is 2. The lowest BCUT2D eigenvalue weighted by molar-refractivity contribution is 0.515. The third-order valence-corrected chi connectivity index (χ3v) is 4.45. The number of aromatic nitrogens is 2. The van der Waals surface area contributed by atoms with Crippen LogP contribution in [-0.2, 0) is 13.0 Å². The molecule has 1 aromatic heterocycles. The van der Waals surface area contributed by atoms with Gasteiger partial charge < -0.3 is 0 Å². The summed E-state index contributed by atoms with van der Waals surface area (Å²) in [7, 11) is 0. The molecule has 1 aromatic carbocycles. The topological polar surface area (TPSA) is 55.9 Å². The monoisotopic (exact) mass is 400 g/mol. The molecule has 3 N–H and O–H groups in total. The standard InChI is InChI=1S/C14H18Br2N4/c1-3-20-11(6-9(2)19-20)8-14(18-17)12-7-10(15)4-5-13(12)16/h4-7,14,18H,3,8,17H2,1-2H3. The number of halogens is 2. The van der Waals surface area contributed by atoms with Crippen LogP contribution in [0.1, 0.15) is 29.9 Å². The maximum Gasteiger partial charge on any atom is 0.0596 e. The molecule has 108 valence electrons. The number of nitrogens with one attached hydrogen (secondary N) is 1. The summed E-state index contributed by atoms with van der Waals surface area (Å²) in [6, 6.07) is 8.24. The lowest BCUT2D eigenvalue weighted by atomic mass is 10.0. The van der Waals surface area contributed by atoms with Crippen molar-refractivity contribution in [2.45, 2.75) is 32.9 Å². The van der Waals surface area contributed by atoms with Crippen LogP contribution in [0.5, 0.6) is 0 Å². The van der Waals surface area contributed by atoms with E-state index in [0.29, 0.717) is 0 Å². The van der Waals surface area contributed by atoms with Crippen molar-refractivity contribution in [1.29, 1.82) is 0 Å². The summed E-state index contributed by atoms with van der Waals surface area (Å²) in [4.78, 5) is 0. The van der Waals surface area contributed by atoms with Crippen molar-refractivity contribution in [1.82, 2.24) is 15.2 Å². The van der Waals surface area contributed by atoms with Gasteiger partial charge in [-0.25, -0.2) is 0 Å². The van der Waals surface area contributed by atoms with Crippen LogP contribution >= 0.6 is 31.9 Å². The maximum absolute atomic E-state index is 5.75. The minimum absolute atomic E-state index is 0.0308. The van der Waals surface area contributed by atoms with Gasteiger partial charge in [0.2, 0.25) is 0 Å². The lowest BCUT2D eigenvalue weighted by Gasteiger charge is -2.18. The van der Waals surface area contributed by atoms with Crippen LogP contribution < -0.4 is 11.3 Å². The minimum Gasteiger partial charge on any atom is -0.271 e. The number of nitrogens with zero attached hydrogens (tertiary/aromatic N) is 2. The summed E-state index contributed by atoms with van der Waals surface area (Å²) in [5.74, 6) is 5.75. The third kappa shape index (κ3) is 3.49. The number of aryl methyl sites for hydroxylation is 2. The molecule has 6 heteroatoms. The summed E-state index contributed by atoms with van der Waals surface area (Å²) >= 11 is 7.09. The molecule has 0 amide bonds. The van der Waals surface area contributed by atoms with Gasteiger partial charge in [0.05, 0.1) is 11.7 Å². The summed E-state index contributed by atoms with van der Waals surface area (Å²) in [6.45, 7) is 4.96. The third-order valence-electron chi connectivity index (χ3n) is 3.23. The molecule has 0 saturated carbocycles. The van der Waals surface area contributed by atoms with Gasteiger partial charge in [-0.1, -0.05) is 31.9 Å². The van der Waals surface area contributed by atoms with Crippen LogP contribution in [0.25, 0.3) is 0 Å². The van der Waals surface area contributed by atoms with Crippen molar-refractivity contribution >= 4 is 31.9 Å². The van der Waals surface area contributed by atoms with E-state index in [-0.39, 0.29) is 6.04 Å². The molecular weight excluding hydrogens is 384 g/mol. The summed E-state index contributed by atoms with van der Waals surface area (Å²) in [5, 5.41) is 4.48. The second-order valence-corrected chi connectivity index (χ2v) is 6.45. The highest BCUT2D eigenvalue weighted by molar-refractivity contribution is 9.11. The van der Waals surface area contributed by atoms with E-state index < -0.39 is 0 Å². The predicted molar refractivity (Wildman–Crippen MR) is 88.2 cm³/mol. The zero-order valence-corrected chi connectivity index (χ0v) is 14.7. The molecule has 0 aliphatic heterocycles. The number of nitrogens with two attached hydrogens (primary N) is 1. The largest absolute Gasteiger partial charge is 0.271 e. The summed E-state index contributed by atoms with van der Waals surface area (Å²) < 4.78 is 4.10. The van der Waals surface area contributed by atoms with Gasteiger partial charge in [-0.05, 0) is 43.7 Å². The molecule has 1 heterocycles. The smallest absolute Gasteiger partial charge is 0.0596 e. The van der Waals surface area contributed by atoms with E-state index in [1.165, 1.54) is 5.69 Å². The molecule has 1 atom stereocenters. The molecule has 2 rings (SSSR count). The number of hydrogen-bond acceptors (Lipinski definition) is 3. The quantitative estimate of drug-likeness (QED) is 0.595. The number of hydrazine groups is 1. The van der Waals surface area contributed by atoms with Gasteiger partial charge >= 0.3 is 0 Å². The van der Waals surface area contributed by atoms with Crippen LogP contribution in [0.3, 0.4) is 0 Å². The highest BCUT2D eigenvalue weighted by atomic mass is 79.9. The maximum atomic E-state index is 5.75. The number of benzene rings is 1. The van der Waals surface area contributed by atoms with Crippen LogP contribution in [0.15, 0.2) is 33.2 Å². The highest BCUT2D eigenvalue weighted by Crippen LogP contribution is 2.28. The molecular formula is C14H18Br2N4. The van der Waals surface area contributed by atoms with Crippen molar-refractivity contribution in [2.24, 2.45) is 5.84 Å². The minimum atomic E-state index is 0.0308. The SMILES string of the molecule is CCn1nc(C)cc1CC(NN)c1cc(Br)ccc1Br. The fourth-order valence-corrected chi connectivity index (χ4v) is 3.19. The first-order chi connectivity index (χ1) is 9.55. The molecule has 20 heavy (non-hydrogen) atoms. The summed E-state index contributed by atoms with van der Waals surface area (Å²) in [6.07, 6.45) is 0.792. The summed E-state index contributed by atoms with van der Waals surface area (Å²) in [5.41, 5.74) is 6.25. The van der Waals surface area contributed by atoms with Crippen molar-refractivity contribution in [2.75, 3.05) is 0 Å². The Bertz CT molecular complexity index is 595. The Labute approximate surface area is 136 Å². The Hall–Kier alpha value is -0.690. The van der Waals surface area contributed by atoms with Crippen LogP contribution in [-0.4, -0.2) is 9.78 Å². The van der Waals surface area contributed by atoms with E-state index in [1.807, 2.05) is 23.7 Å². The molecule has 2 aromatic rings. The molecule has 4 nitrogen and oxygen atoms in total. The van der Waals surface area contributed by atoms with Crippen molar-refractivity contribution < 1.29 is 0 Å². The van der Waals surface area contributed by atoms with E-state index in [0.717, 1.165) is 33.2 Å². The van der Waals surface area contributed by atoms with Gasteiger partial charge in [-0.3, -0.25) is 16.0 Å². The van der Waals surface area contributed by atoms with Gasteiger partial charge in [-0.2, -0.15) is 5.10 Å². The van der Waals surface area contributed by atoms with Crippen LogP contribution in [0.4, 0.5) is 0 Å². The Balaban J connectivity index is 2.30. The van der Waals surface area contributed by atoms with Crippen LogP contribution in [0, 0.1) is 6.92 Å². The van der Waals surface area contributed by atoms with Crippen LogP contribution in [0.2, 0.25) is 0 Å². The molecule has 0 fully saturated rings. The Morgan fingerprint density at radius 1 is 1.35 bits per heavy atom. The Morgan fingerprint density at radius 3 is 2.75 bits per heavy atom. The lowest BCUT2D eigenvalue weighted by Crippen LogP contribution is -2.30. The second-order valence-electron chi connectivity index (χ2n) is 4.68. The van der Waals surface area contributed by atoms with Crippen molar-refractivity contribution in [3.05, 3.63) is 50.2 Å². The molecule has 0 spiro atoms. The first-order valence-electron chi connectivity index (χ1n) is 6.49. The van der Waals surface area contributed by atoms with E-state index in [4.69, 9.17) is 5.84 Å². The van der Waals surface area contributed by atoms with Gasteiger partial charge in [0.25, 0.3) is 0 Å². The zero-order valence-electron chi connectivity index (χ0n) is 11.5.